The molecule has 0 aromatic carbocycles. The van der Waals surface area contributed by atoms with Crippen LogP contribution in [0.15, 0.2) is 16.8 Å². The molecule has 0 amide bonds. The fourth-order valence-electron chi connectivity index (χ4n) is 7.70. The van der Waals surface area contributed by atoms with E-state index in [0.717, 1.165) is 62.7 Å². The molecule has 4 fully saturated rings. The number of carbonyl (C=O) groups is 1. The first-order chi connectivity index (χ1) is 13.4. The number of oxime groups is 1. The first kappa shape index (κ1) is 18.8. The minimum absolute atomic E-state index is 0.0249. The fourth-order valence-corrected chi connectivity index (χ4v) is 7.70. The number of hydrogen-bond acceptors (Lipinski definition) is 4. The summed E-state index contributed by atoms with van der Waals surface area (Å²) in [5.41, 5.74) is 3.01. The second-order valence-corrected chi connectivity index (χ2v) is 10.8. The summed E-state index contributed by atoms with van der Waals surface area (Å²) >= 11 is 0. The van der Waals surface area contributed by atoms with E-state index in [1.165, 1.54) is 19.3 Å². The van der Waals surface area contributed by atoms with Crippen molar-refractivity contribution >= 4 is 11.5 Å². The summed E-state index contributed by atoms with van der Waals surface area (Å²) in [5.74, 6) is 3.21. The van der Waals surface area contributed by atoms with Gasteiger partial charge in [-0.3, -0.25) is 4.79 Å². The van der Waals surface area contributed by atoms with E-state index >= 15 is 0 Å². The zero-order valence-electron chi connectivity index (χ0n) is 17.8. The number of rotatable bonds is 2. The normalized spacial score (nSPS) is 49.4. The van der Waals surface area contributed by atoms with Crippen molar-refractivity contribution in [2.45, 2.75) is 78.2 Å². The van der Waals surface area contributed by atoms with Crippen LogP contribution < -0.4 is 5.32 Å². The number of carbonyl (C=O) groups excluding carboxylic acids is 1. The third kappa shape index (κ3) is 2.74. The van der Waals surface area contributed by atoms with Crippen LogP contribution in [0.25, 0.3) is 0 Å². The predicted molar refractivity (Wildman–Crippen MR) is 111 cm³/mol. The standard InChI is InChI=1S/C24H36N2O2/c1-15-12-18-19-4-5-22(27)24(19,3)10-7-20(18)23(2)9-6-16(13-21(15)23)26-28-17-8-11-25-14-17/h13,15,17-20,25H,4-12,14H2,1-3H3. The molecule has 0 spiro atoms. The average molecular weight is 385 g/mol. The van der Waals surface area contributed by atoms with E-state index in [0.29, 0.717) is 17.6 Å². The number of ketones is 1. The fraction of sp³-hybridized carbons (Fsp3) is 0.833. The summed E-state index contributed by atoms with van der Waals surface area (Å²) in [7, 11) is 0. The predicted octanol–water partition coefficient (Wildman–Crippen LogP) is 4.50. The lowest BCUT2D eigenvalue weighted by Crippen LogP contribution is -2.52. The molecule has 0 aromatic rings. The van der Waals surface area contributed by atoms with E-state index in [2.05, 4.69) is 37.3 Å². The van der Waals surface area contributed by atoms with E-state index in [1.54, 1.807) is 5.57 Å². The van der Waals surface area contributed by atoms with Crippen molar-refractivity contribution < 1.29 is 9.63 Å². The molecule has 1 saturated heterocycles. The molecule has 0 bridgehead atoms. The van der Waals surface area contributed by atoms with Gasteiger partial charge in [0.05, 0.1) is 5.71 Å². The number of fused-ring (bicyclic) bond motifs is 5. The van der Waals surface area contributed by atoms with Crippen molar-refractivity contribution in [3.63, 3.8) is 0 Å². The quantitative estimate of drug-likeness (QED) is 0.713. The summed E-state index contributed by atoms with van der Waals surface area (Å²) in [6.45, 7) is 9.17. The summed E-state index contributed by atoms with van der Waals surface area (Å²) in [5, 5.41) is 7.90. The maximum absolute atomic E-state index is 12.6. The van der Waals surface area contributed by atoms with Gasteiger partial charge in [-0.1, -0.05) is 31.5 Å². The Balaban J connectivity index is 1.40. The number of nitrogens with one attached hydrogen (secondary N) is 1. The van der Waals surface area contributed by atoms with E-state index < -0.39 is 0 Å². The molecule has 3 saturated carbocycles. The smallest absolute Gasteiger partial charge is 0.141 e. The molecule has 154 valence electrons. The highest BCUT2D eigenvalue weighted by atomic mass is 16.6. The molecule has 0 radical (unpaired) electrons. The Labute approximate surface area is 169 Å². The summed E-state index contributed by atoms with van der Waals surface area (Å²) in [6.07, 6.45) is 11.4. The maximum Gasteiger partial charge on any atom is 0.141 e. The molecule has 0 aromatic heterocycles. The van der Waals surface area contributed by atoms with Crippen LogP contribution in [0.2, 0.25) is 0 Å². The Hall–Kier alpha value is -1.16. The Bertz CT molecular complexity index is 722. The molecule has 1 aliphatic heterocycles. The van der Waals surface area contributed by atoms with Gasteiger partial charge in [0.2, 0.25) is 0 Å². The molecular formula is C24H36N2O2. The van der Waals surface area contributed by atoms with Gasteiger partial charge < -0.3 is 10.2 Å². The molecule has 1 N–H and O–H groups in total. The van der Waals surface area contributed by atoms with Crippen LogP contribution in [0.1, 0.15) is 72.1 Å². The van der Waals surface area contributed by atoms with Crippen molar-refractivity contribution in [1.82, 2.24) is 5.32 Å². The topological polar surface area (TPSA) is 50.7 Å². The van der Waals surface area contributed by atoms with Crippen LogP contribution in [-0.2, 0) is 9.63 Å². The Morgan fingerprint density at radius 2 is 1.93 bits per heavy atom. The van der Waals surface area contributed by atoms with Crippen LogP contribution in [0.3, 0.4) is 0 Å². The molecular weight excluding hydrogens is 348 g/mol. The zero-order chi connectivity index (χ0) is 19.5. The van der Waals surface area contributed by atoms with Gasteiger partial charge in [-0.05, 0) is 80.2 Å². The molecule has 4 nitrogen and oxygen atoms in total. The Kier molecular flexibility index (Phi) is 4.50. The van der Waals surface area contributed by atoms with Gasteiger partial charge in [0, 0.05) is 24.8 Å². The minimum Gasteiger partial charge on any atom is -0.391 e. The summed E-state index contributed by atoms with van der Waals surface area (Å²) in [4.78, 5) is 18.4. The van der Waals surface area contributed by atoms with Gasteiger partial charge in [0.1, 0.15) is 11.9 Å². The molecule has 28 heavy (non-hydrogen) atoms. The molecule has 1 heterocycles. The lowest BCUT2D eigenvalue weighted by Gasteiger charge is -2.58. The Morgan fingerprint density at radius 3 is 2.71 bits per heavy atom. The highest BCUT2D eigenvalue weighted by molar-refractivity contribution is 5.96. The number of nitrogens with zero attached hydrogens (tertiary/aromatic N) is 1. The van der Waals surface area contributed by atoms with Crippen LogP contribution >= 0.6 is 0 Å². The third-order valence-electron chi connectivity index (χ3n) is 9.34. The van der Waals surface area contributed by atoms with Crippen molar-refractivity contribution in [1.29, 1.82) is 0 Å². The van der Waals surface area contributed by atoms with Crippen LogP contribution in [0.5, 0.6) is 0 Å². The monoisotopic (exact) mass is 384 g/mol. The second-order valence-electron chi connectivity index (χ2n) is 10.8. The van der Waals surface area contributed by atoms with Crippen LogP contribution in [-0.4, -0.2) is 30.7 Å². The highest BCUT2D eigenvalue weighted by Crippen LogP contribution is 2.65. The van der Waals surface area contributed by atoms with Crippen molar-refractivity contribution in [2.24, 2.45) is 39.7 Å². The molecule has 5 aliphatic rings. The SMILES string of the molecule is CC1CC2C3CCC(=O)C3(C)CCC2C2(C)CCC(=NOC3CCNC3)C=C12. The van der Waals surface area contributed by atoms with Crippen molar-refractivity contribution in [3.05, 3.63) is 11.6 Å². The molecule has 7 atom stereocenters. The second kappa shape index (κ2) is 6.68. The van der Waals surface area contributed by atoms with E-state index in [-0.39, 0.29) is 16.9 Å². The largest absolute Gasteiger partial charge is 0.391 e. The van der Waals surface area contributed by atoms with E-state index in [1.807, 2.05) is 0 Å². The van der Waals surface area contributed by atoms with Crippen molar-refractivity contribution in [3.8, 4) is 0 Å². The Morgan fingerprint density at radius 1 is 1.11 bits per heavy atom. The van der Waals surface area contributed by atoms with Gasteiger partial charge >= 0.3 is 0 Å². The van der Waals surface area contributed by atoms with Gasteiger partial charge in [-0.2, -0.15) is 0 Å². The van der Waals surface area contributed by atoms with Crippen LogP contribution in [0.4, 0.5) is 0 Å². The lowest BCUT2D eigenvalue weighted by molar-refractivity contribution is -0.132. The number of allylic oxidation sites excluding steroid dienone is 2. The van der Waals surface area contributed by atoms with Gasteiger partial charge in [-0.25, -0.2) is 0 Å². The maximum atomic E-state index is 12.6. The molecule has 5 rings (SSSR count). The van der Waals surface area contributed by atoms with Gasteiger partial charge in [0.15, 0.2) is 0 Å². The van der Waals surface area contributed by atoms with Crippen LogP contribution in [0, 0.1) is 34.5 Å². The van der Waals surface area contributed by atoms with E-state index in [4.69, 9.17) is 4.84 Å². The third-order valence-corrected chi connectivity index (χ3v) is 9.34. The number of Topliss-reactive ketones (excluding diaryl/α,β-unsaturated/α-hetero) is 1. The molecule has 7 unspecified atom stereocenters. The summed E-state index contributed by atoms with van der Waals surface area (Å²) < 4.78 is 0. The van der Waals surface area contributed by atoms with Crippen molar-refractivity contribution in [2.75, 3.05) is 13.1 Å². The summed E-state index contributed by atoms with van der Waals surface area (Å²) in [6, 6.07) is 0. The first-order valence-electron chi connectivity index (χ1n) is 11.6. The molecule has 4 aliphatic carbocycles. The minimum atomic E-state index is -0.0249. The van der Waals surface area contributed by atoms with Gasteiger partial charge in [0.25, 0.3) is 0 Å². The molecule has 4 heteroatoms. The first-order valence-corrected chi connectivity index (χ1v) is 11.6. The zero-order valence-corrected chi connectivity index (χ0v) is 17.8. The lowest BCUT2D eigenvalue weighted by atomic mass is 9.46. The average Bonchev–Trinajstić information content (AvgIpc) is 3.29. The highest BCUT2D eigenvalue weighted by Gasteiger charge is 2.59. The van der Waals surface area contributed by atoms with Gasteiger partial charge in [-0.15, -0.1) is 0 Å². The number of hydrogen-bond donors (Lipinski definition) is 1. The van der Waals surface area contributed by atoms with E-state index in [9.17, 15) is 4.79 Å².